The van der Waals surface area contributed by atoms with Gasteiger partial charge in [-0.15, -0.1) is 24.0 Å². The van der Waals surface area contributed by atoms with Gasteiger partial charge in [-0.25, -0.2) is 0 Å². The molecule has 0 bridgehead atoms. The molecule has 158 valence electrons. The second kappa shape index (κ2) is 13.2. The van der Waals surface area contributed by atoms with Gasteiger partial charge in [0, 0.05) is 39.8 Å². The second-order valence-corrected chi connectivity index (χ2v) is 7.00. The topological polar surface area (TPSA) is 56.7 Å². The molecule has 0 aliphatic carbocycles. The second-order valence-electron chi connectivity index (χ2n) is 7.00. The van der Waals surface area contributed by atoms with Gasteiger partial charge in [-0.1, -0.05) is 43.3 Å². The van der Waals surface area contributed by atoms with Crippen LogP contribution in [0.4, 0.5) is 0 Å². The van der Waals surface area contributed by atoms with Crippen molar-refractivity contribution in [3.63, 3.8) is 0 Å². The van der Waals surface area contributed by atoms with Gasteiger partial charge < -0.3 is 15.5 Å². The van der Waals surface area contributed by atoms with Gasteiger partial charge in [0.05, 0.1) is 0 Å². The van der Waals surface area contributed by atoms with Gasteiger partial charge in [0.15, 0.2) is 5.96 Å². The molecule has 0 saturated heterocycles. The Morgan fingerprint density at radius 2 is 1.52 bits per heavy atom. The Kier molecular flexibility index (Phi) is 11.3. The van der Waals surface area contributed by atoms with Crippen LogP contribution in [0, 0.1) is 0 Å². The van der Waals surface area contributed by atoms with Crippen molar-refractivity contribution in [2.24, 2.45) is 4.99 Å². The largest absolute Gasteiger partial charge is 0.356 e. The van der Waals surface area contributed by atoms with Crippen molar-refractivity contribution in [1.82, 2.24) is 15.5 Å². The van der Waals surface area contributed by atoms with E-state index in [1.165, 1.54) is 11.1 Å². The van der Waals surface area contributed by atoms with Crippen molar-refractivity contribution in [3.05, 3.63) is 70.8 Å². The molecular weight excluding hydrogens is 475 g/mol. The average Bonchev–Trinajstić information content (AvgIpc) is 2.72. The third-order valence-electron chi connectivity index (χ3n) is 4.65. The summed E-state index contributed by atoms with van der Waals surface area (Å²) in [5, 5.41) is 6.69. The Morgan fingerprint density at radius 1 is 0.931 bits per heavy atom. The lowest BCUT2D eigenvalue weighted by atomic mass is 10.1. The molecule has 0 aromatic heterocycles. The molecule has 0 saturated carbocycles. The number of halogens is 1. The maximum Gasteiger partial charge on any atom is 0.253 e. The highest BCUT2D eigenvalue weighted by Gasteiger charge is 2.08. The van der Waals surface area contributed by atoms with Crippen molar-refractivity contribution in [2.45, 2.75) is 26.2 Å². The first-order chi connectivity index (χ1) is 13.5. The van der Waals surface area contributed by atoms with Gasteiger partial charge in [-0.05, 0) is 48.1 Å². The minimum Gasteiger partial charge on any atom is -0.356 e. The fourth-order valence-electron chi connectivity index (χ4n) is 2.93. The monoisotopic (exact) mass is 508 g/mol. The van der Waals surface area contributed by atoms with E-state index in [0.29, 0.717) is 0 Å². The lowest BCUT2D eigenvalue weighted by Gasteiger charge is -2.13. The third-order valence-corrected chi connectivity index (χ3v) is 4.65. The van der Waals surface area contributed by atoms with E-state index in [-0.39, 0.29) is 29.9 Å². The quantitative estimate of drug-likeness (QED) is 0.326. The molecule has 0 fully saturated rings. The molecule has 0 aliphatic heterocycles. The van der Waals surface area contributed by atoms with Crippen LogP contribution in [0.25, 0.3) is 0 Å². The van der Waals surface area contributed by atoms with E-state index in [9.17, 15) is 4.79 Å². The first kappa shape index (κ1) is 24.9. The Morgan fingerprint density at radius 3 is 2.07 bits per heavy atom. The minimum absolute atomic E-state index is 0. The maximum atomic E-state index is 12.1. The summed E-state index contributed by atoms with van der Waals surface area (Å²) in [5.74, 6) is 0.824. The summed E-state index contributed by atoms with van der Waals surface area (Å²) in [7, 11) is 5.32. The van der Waals surface area contributed by atoms with E-state index >= 15 is 0 Å². The van der Waals surface area contributed by atoms with Gasteiger partial charge in [0.2, 0.25) is 0 Å². The predicted octanol–water partition coefficient (Wildman–Crippen LogP) is 3.52. The molecular formula is C23H33IN4O. The highest BCUT2D eigenvalue weighted by Crippen LogP contribution is 2.08. The fraction of sp³-hybridized carbons (Fsp3) is 0.391. The zero-order valence-electron chi connectivity index (χ0n) is 17.9. The van der Waals surface area contributed by atoms with Crippen LogP contribution in [-0.2, 0) is 19.3 Å². The number of hydrogen-bond acceptors (Lipinski definition) is 2. The van der Waals surface area contributed by atoms with Crippen molar-refractivity contribution < 1.29 is 4.79 Å². The fourth-order valence-corrected chi connectivity index (χ4v) is 2.93. The number of amides is 1. The van der Waals surface area contributed by atoms with Crippen LogP contribution in [0.15, 0.2) is 53.5 Å². The van der Waals surface area contributed by atoms with Crippen LogP contribution in [0.3, 0.4) is 0 Å². The average molecular weight is 508 g/mol. The van der Waals surface area contributed by atoms with Gasteiger partial charge in [0.25, 0.3) is 5.91 Å². The Labute approximate surface area is 192 Å². The van der Waals surface area contributed by atoms with E-state index in [0.717, 1.165) is 49.4 Å². The van der Waals surface area contributed by atoms with Crippen molar-refractivity contribution in [3.8, 4) is 0 Å². The number of guanidine groups is 1. The van der Waals surface area contributed by atoms with Crippen LogP contribution in [0.2, 0.25) is 0 Å². The number of aryl methyl sites for hydroxylation is 1. The number of nitrogens with one attached hydrogen (secondary N) is 2. The summed E-state index contributed by atoms with van der Waals surface area (Å²) >= 11 is 0. The van der Waals surface area contributed by atoms with E-state index in [2.05, 4.69) is 46.8 Å². The van der Waals surface area contributed by atoms with Crippen molar-refractivity contribution in [1.29, 1.82) is 0 Å². The van der Waals surface area contributed by atoms with E-state index in [4.69, 9.17) is 0 Å². The molecule has 6 heteroatoms. The normalized spacial score (nSPS) is 10.8. The smallest absolute Gasteiger partial charge is 0.253 e. The van der Waals surface area contributed by atoms with Crippen LogP contribution < -0.4 is 10.6 Å². The summed E-state index contributed by atoms with van der Waals surface area (Å²) in [6, 6.07) is 16.6. The molecule has 29 heavy (non-hydrogen) atoms. The molecule has 2 aromatic carbocycles. The van der Waals surface area contributed by atoms with Gasteiger partial charge >= 0.3 is 0 Å². The van der Waals surface area contributed by atoms with Crippen molar-refractivity contribution in [2.75, 3.05) is 34.2 Å². The van der Waals surface area contributed by atoms with Gasteiger partial charge in [0.1, 0.15) is 0 Å². The zero-order valence-corrected chi connectivity index (χ0v) is 20.2. The van der Waals surface area contributed by atoms with Crippen molar-refractivity contribution >= 4 is 35.8 Å². The highest BCUT2D eigenvalue weighted by atomic mass is 127. The molecule has 0 unspecified atom stereocenters. The number of hydrogen-bond donors (Lipinski definition) is 2. The SMILES string of the molecule is CCc1ccc(CCNC(=NC)NCCc2cccc(C(=O)N(C)C)c2)cc1.I. The molecule has 0 atom stereocenters. The summed E-state index contributed by atoms with van der Waals surface area (Å²) in [6.45, 7) is 3.75. The van der Waals surface area contributed by atoms with Crippen LogP contribution >= 0.6 is 24.0 Å². The Balaban J connectivity index is 0.00000420. The molecule has 2 rings (SSSR count). The van der Waals surface area contributed by atoms with E-state index in [1.807, 2.05) is 24.3 Å². The molecule has 0 aliphatic rings. The molecule has 0 spiro atoms. The molecule has 0 radical (unpaired) electrons. The van der Waals surface area contributed by atoms with Gasteiger partial charge in [-0.2, -0.15) is 0 Å². The number of aliphatic imine (C=N–C) groups is 1. The van der Waals surface area contributed by atoms with Crippen LogP contribution in [-0.4, -0.2) is 51.0 Å². The maximum absolute atomic E-state index is 12.1. The lowest BCUT2D eigenvalue weighted by Crippen LogP contribution is -2.39. The molecule has 0 heterocycles. The predicted molar refractivity (Wildman–Crippen MR) is 132 cm³/mol. The standard InChI is InChI=1S/C23H32N4O.HI/c1-5-18-9-11-19(12-10-18)13-15-25-23(24-2)26-16-14-20-7-6-8-21(17-20)22(28)27(3)4;/h6-12,17H,5,13-16H2,1-4H3,(H2,24,25,26);1H. The molecule has 1 amide bonds. The number of carbonyl (C=O) groups is 1. The number of carbonyl (C=O) groups excluding carboxylic acids is 1. The zero-order chi connectivity index (χ0) is 20.4. The third kappa shape index (κ3) is 8.43. The molecule has 5 nitrogen and oxygen atoms in total. The first-order valence-electron chi connectivity index (χ1n) is 9.86. The van der Waals surface area contributed by atoms with Crippen LogP contribution in [0.5, 0.6) is 0 Å². The van der Waals surface area contributed by atoms with E-state index in [1.54, 1.807) is 26.0 Å². The lowest BCUT2D eigenvalue weighted by molar-refractivity contribution is 0.0827. The summed E-state index contributed by atoms with van der Waals surface area (Å²) in [5.41, 5.74) is 4.54. The van der Waals surface area contributed by atoms with E-state index < -0.39 is 0 Å². The first-order valence-corrected chi connectivity index (χ1v) is 9.86. The molecule has 2 N–H and O–H groups in total. The Hall–Kier alpha value is -2.09. The Bertz CT molecular complexity index is 788. The number of benzene rings is 2. The molecule has 2 aromatic rings. The number of nitrogens with zero attached hydrogens (tertiary/aromatic N) is 2. The summed E-state index contributed by atoms with van der Waals surface area (Å²) in [4.78, 5) is 18.0. The number of rotatable bonds is 8. The highest BCUT2D eigenvalue weighted by molar-refractivity contribution is 14.0. The minimum atomic E-state index is 0. The summed E-state index contributed by atoms with van der Waals surface area (Å²) < 4.78 is 0. The van der Waals surface area contributed by atoms with Crippen LogP contribution in [0.1, 0.15) is 34.0 Å². The summed E-state index contributed by atoms with van der Waals surface area (Å²) in [6.07, 6.45) is 2.86. The van der Waals surface area contributed by atoms with Gasteiger partial charge in [-0.3, -0.25) is 9.79 Å².